The van der Waals surface area contributed by atoms with Gasteiger partial charge in [-0.15, -0.1) is 0 Å². The quantitative estimate of drug-likeness (QED) is 0.409. The summed E-state index contributed by atoms with van der Waals surface area (Å²) in [5.41, 5.74) is 1.99. The third-order valence-corrected chi connectivity index (χ3v) is 7.78. The van der Waals surface area contributed by atoms with E-state index < -0.39 is 16.1 Å². The number of aliphatic hydroxyl groups excluding tert-OH is 1. The lowest BCUT2D eigenvalue weighted by atomic mass is 10.2. The van der Waals surface area contributed by atoms with E-state index in [1.807, 2.05) is 41.0 Å². The van der Waals surface area contributed by atoms with Crippen LogP contribution in [0.15, 0.2) is 71.6 Å². The molecular weight excluding hydrogens is 448 g/mol. The zero-order chi connectivity index (χ0) is 22.9. The summed E-state index contributed by atoms with van der Waals surface area (Å²) in [6.07, 6.45) is -0.922. The van der Waals surface area contributed by atoms with Gasteiger partial charge in [-0.05, 0) is 30.3 Å². The van der Waals surface area contributed by atoms with Crippen molar-refractivity contribution in [2.45, 2.75) is 24.5 Å². The first-order valence-corrected chi connectivity index (χ1v) is 12.2. The molecule has 6 nitrogen and oxygen atoms in total. The van der Waals surface area contributed by atoms with Crippen LogP contribution in [0.5, 0.6) is 5.75 Å². The molecule has 4 rings (SSSR count). The van der Waals surface area contributed by atoms with Gasteiger partial charge in [-0.1, -0.05) is 54.9 Å². The number of sulfonamides is 1. The molecule has 0 radical (unpaired) electrons. The van der Waals surface area contributed by atoms with Crippen LogP contribution in [0.25, 0.3) is 21.8 Å². The Morgan fingerprint density at radius 3 is 2.19 bits per heavy atom. The Labute approximate surface area is 192 Å². The highest BCUT2D eigenvalue weighted by Gasteiger charge is 2.29. The molecule has 1 heterocycles. The molecule has 0 unspecified atom stereocenters. The fraction of sp³-hybridized carbons (Fsp3) is 0.250. The molecule has 0 bridgehead atoms. The van der Waals surface area contributed by atoms with Crippen LogP contribution in [-0.4, -0.2) is 48.7 Å². The maximum absolute atomic E-state index is 13.3. The molecule has 1 N–H and O–H groups in total. The number of methoxy groups -OCH3 is 1. The third kappa shape index (κ3) is 4.09. The molecule has 0 fully saturated rings. The minimum absolute atomic E-state index is 0.0154. The van der Waals surface area contributed by atoms with Gasteiger partial charge in [0.05, 0.1) is 19.8 Å². The Hall–Kier alpha value is -2.58. The Bertz CT molecular complexity index is 1310. The standard InChI is InChI=1S/C24H25ClN2O4S/c1-3-26(32(29,30)24-14-17(25)12-13-23(24)31-2)15-18(28)16-27-21-10-6-4-8-19(21)20-9-5-7-11-22(20)27/h4-14,18,28H,3,15-16H2,1-2H3/t18-/m0/s1. The minimum Gasteiger partial charge on any atom is -0.495 e. The number of ether oxygens (including phenoxy) is 1. The van der Waals surface area contributed by atoms with Crippen LogP contribution in [0.4, 0.5) is 0 Å². The predicted molar refractivity (Wildman–Crippen MR) is 128 cm³/mol. The number of aliphatic hydroxyl groups is 1. The van der Waals surface area contributed by atoms with E-state index >= 15 is 0 Å². The second-order valence-corrected chi connectivity index (χ2v) is 9.89. The van der Waals surface area contributed by atoms with Crippen molar-refractivity contribution in [2.24, 2.45) is 0 Å². The van der Waals surface area contributed by atoms with Gasteiger partial charge in [-0.2, -0.15) is 4.31 Å². The van der Waals surface area contributed by atoms with E-state index in [2.05, 4.69) is 12.1 Å². The number of likely N-dealkylation sites (N-methyl/N-ethyl adjacent to an activating group) is 1. The fourth-order valence-electron chi connectivity index (χ4n) is 4.09. The largest absolute Gasteiger partial charge is 0.495 e. The molecule has 3 aromatic carbocycles. The Kier molecular flexibility index (Phi) is 6.44. The highest BCUT2D eigenvalue weighted by atomic mass is 35.5. The molecule has 8 heteroatoms. The van der Waals surface area contributed by atoms with Gasteiger partial charge in [0.2, 0.25) is 10.0 Å². The van der Waals surface area contributed by atoms with Gasteiger partial charge in [0.15, 0.2) is 0 Å². The van der Waals surface area contributed by atoms with E-state index in [9.17, 15) is 13.5 Å². The molecule has 0 spiro atoms. The second-order valence-electron chi connectivity index (χ2n) is 7.55. The lowest BCUT2D eigenvalue weighted by Gasteiger charge is -2.25. The van der Waals surface area contributed by atoms with E-state index in [4.69, 9.17) is 16.3 Å². The van der Waals surface area contributed by atoms with Gasteiger partial charge in [-0.3, -0.25) is 0 Å². The van der Waals surface area contributed by atoms with E-state index in [1.165, 1.54) is 23.5 Å². The van der Waals surface area contributed by atoms with Crippen molar-refractivity contribution in [3.8, 4) is 5.75 Å². The average Bonchev–Trinajstić information content (AvgIpc) is 3.11. The molecular formula is C24H25ClN2O4S. The lowest BCUT2D eigenvalue weighted by Crippen LogP contribution is -2.39. The summed E-state index contributed by atoms with van der Waals surface area (Å²) >= 11 is 6.05. The van der Waals surface area contributed by atoms with Crippen molar-refractivity contribution in [2.75, 3.05) is 20.2 Å². The monoisotopic (exact) mass is 472 g/mol. The SMILES string of the molecule is CCN(C[C@H](O)Cn1c2ccccc2c2ccccc21)S(=O)(=O)c1cc(Cl)ccc1OC. The summed E-state index contributed by atoms with van der Waals surface area (Å²) in [5.74, 6) is 0.213. The Balaban J connectivity index is 1.65. The first-order valence-electron chi connectivity index (χ1n) is 10.3. The summed E-state index contributed by atoms with van der Waals surface area (Å²) in [6.45, 7) is 2.13. The second kappa shape index (κ2) is 9.11. The zero-order valence-electron chi connectivity index (χ0n) is 17.9. The van der Waals surface area contributed by atoms with Crippen molar-refractivity contribution in [1.82, 2.24) is 8.87 Å². The number of fused-ring (bicyclic) bond motifs is 3. The number of nitrogens with zero attached hydrogens (tertiary/aromatic N) is 2. The fourth-order valence-corrected chi connectivity index (χ4v) is 6.00. The maximum Gasteiger partial charge on any atom is 0.246 e. The van der Waals surface area contributed by atoms with Crippen LogP contribution in [-0.2, 0) is 16.6 Å². The van der Waals surface area contributed by atoms with E-state index in [-0.39, 0.29) is 30.3 Å². The van der Waals surface area contributed by atoms with Gasteiger partial charge in [0.25, 0.3) is 0 Å². The first-order chi connectivity index (χ1) is 15.4. The molecule has 0 aliphatic rings. The Morgan fingerprint density at radius 1 is 1.03 bits per heavy atom. The number of benzene rings is 3. The highest BCUT2D eigenvalue weighted by Crippen LogP contribution is 2.31. The van der Waals surface area contributed by atoms with Gasteiger partial charge in [-0.25, -0.2) is 8.42 Å². The molecule has 1 atom stereocenters. The lowest BCUT2D eigenvalue weighted by molar-refractivity contribution is 0.131. The molecule has 1 aromatic heterocycles. The number of aromatic nitrogens is 1. The molecule has 32 heavy (non-hydrogen) atoms. The minimum atomic E-state index is -3.92. The van der Waals surface area contributed by atoms with Crippen LogP contribution >= 0.6 is 11.6 Å². The maximum atomic E-state index is 13.3. The smallest absolute Gasteiger partial charge is 0.246 e. The van der Waals surface area contributed by atoms with E-state index in [1.54, 1.807) is 13.0 Å². The normalized spacial score (nSPS) is 13.2. The van der Waals surface area contributed by atoms with Crippen LogP contribution in [0, 0.1) is 0 Å². The molecule has 4 aromatic rings. The molecule has 0 aliphatic heterocycles. The van der Waals surface area contributed by atoms with Gasteiger partial charge in [0.1, 0.15) is 10.6 Å². The Morgan fingerprint density at radius 2 is 1.62 bits per heavy atom. The summed E-state index contributed by atoms with van der Waals surface area (Å²) in [7, 11) is -2.51. The van der Waals surface area contributed by atoms with Crippen LogP contribution < -0.4 is 4.74 Å². The topological polar surface area (TPSA) is 71.8 Å². The van der Waals surface area contributed by atoms with Crippen molar-refractivity contribution < 1.29 is 18.3 Å². The van der Waals surface area contributed by atoms with Crippen molar-refractivity contribution in [3.63, 3.8) is 0 Å². The van der Waals surface area contributed by atoms with Crippen LogP contribution in [0.2, 0.25) is 5.02 Å². The van der Waals surface area contributed by atoms with Gasteiger partial charge < -0.3 is 14.4 Å². The number of rotatable bonds is 8. The predicted octanol–water partition coefficient (Wildman–Crippen LogP) is 4.53. The van der Waals surface area contributed by atoms with Crippen LogP contribution in [0.1, 0.15) is 6.92 Å². The highest BCUT2D eigenvalue weighted by molar-refractivity contribution is 7.89. The molecule has 0 saturated carbocycles. The van der Waals surface area contributed by atoms with Crippen LogP contribution in [0.3, 0.4) is 0 Å². The number of para-hydroxylation sites is 2. The molecule has 0 aliphatic carbocycles. The number of hydrogen-bond donors (Lipinski definition) is 1. The first kappa shape index (κ1) is 22.6. The molecule has 168 valence electrons. The van der Waals surface area contributed by atoms with Gasteiger partial charge >= 0.3 is 0 Å². The van der Waals surface area contributed by atoms with Crippen molar-refractivity contribution in [3.05, 3.63) is 71.8 Å². The summed E-state index contributed by atoms with van der Waals surface area (Å²) in [5, 5.41) is 13.4. The zero-order valence-corrected chi connectivity index (χ0v) is 19.5. The summed E-state index contributed by atoms with van der Waals surface area (Å²) in [6, 6.07) is 20.5. The molecule has 0 saturated heterocycles. The molecule has 0 amide bonds. The summed E-state index contributed by atoms with van der Waals surface area (Å²) < 4.78 is 35.2. The van der Waals surface area contributed by atoms with E-state index in [0.29, 0.717) is 5.02 Å². The summed E-state index contributed by atoms with van der Waals surface area (Å²) in [4.78, 5) is -0.0154. The number of hydrogen-bond acceptors (Lipinski definition) is 4. The average molecular weight is 473 g/mol. The van der Waals surface area contributed by atoms with Gasteiger partial charge in [0, 0.05) is 39.9 Å². The third-order valence-electron chi connectivity index (χ3n) is 5.58. The van der Waals surface area contributed by atoms with Crippen molar-refractivity contribution >= 4 is 43.4 Å². The number of halogens is 1. The van der Waals surface area contributed by atoms with E-state index in [0.717, 1.165) is 21.8 Å². The van der Waals surface area contributed by atoms with Crippen molar-refractivity contribution in [1.29, 1.82) is 0 Å².